The van der Waals surface area contributed by atoms with Crippen LogP contribution in [0.25, 0.3) is 0 Å². The van der Waals surface area contributed by atoms with Crippen LogP contribution in [0.4, 0.5) is 0 Å². The number of hydrogen-bond donors (Lipinski definition) is 0. The lowest BCUT2D eigenvalue weighted by molar-refractivity contribution is -0.314. The average Bonchev–Trinajstić information content (AvgIpc) is 2.34. The third kappa shape index (κ3) is 3.35. The van der Waals surface area contributed by atoms with E-state index < -0.39 is 5.97 Å². The molecule has 4 atom stereocenters. The number of rotatable bonds is 3. The van der Waals surface area contributed by atoms with Gasteiger partial charge in [0.15, 0.2) is 0 Å². The predicted molar refractivity (Wildman–Crippen MR) is 76.8 cm³/mol. The number of benzene rings is 1. The van der Waals surface area contributed by atoms with Crippen molar-refractivity contribution in [3.05, 3.63) is 35.9 Å². The van der Waals surface area contributed by atoms with Crippen molar-refractivity contribution in [1.29, 1.82) is 0 Å². The highest BCUT2D eigenvalue weighted by Crippen LogP contribution is 2.39. The molecule has 1 saturated carbocycles. The van der Waals surface area contributed by atoms with Crippen molar-refractivity contribution < 1.29 is 9.90 Å². The summed E-state index contributed by atoms with van der Waals surface area (Å²) in [6.07, 6.45) is 2.31. The van der Waals surface area contributed by atoms with Crippen LogP contribution in [0.15, 0.2) is 30.3 Å². The molecule has 0 amide bonds. The first-order valence-electron chi connectivity index (χ1n) is 6.11. The third-order valence-corrected chi connectivity index (χ3v) is 6.35. The molecular formula is C14H15Br2O2-. The normalized spacial score (nSPS) is 32.1. The molecule has 1 fully saturated rings. The van der Waals surface area contributed by atoms with Crippen LogP contribution in [0.3, 0.4) is 0 Å². The Hall–Kier alpha value is -0.350. The average molecular weight is 375 g/mol. The summed E-state index contributed by atoms with van der Waals surface area (Å²) in [5.74, 6) is -1.13. The summed E-state index contributed by atoms with van der Waals surface area (Å²) in [7, 11) is 0. The van der Waals surface area contributed by atoms with E-state index in [1.54, 1.807) is 0 Å². The zero-order chi connectivity index (χ0) is 13.1. The van der Waals surface area contributed by atoms with Crippen molar-refractivity contribution in [3.63, 3.8) is 0 Å². The van der Waals surface area contributed by atoms with Gasteiger partial charge < -0.3 is 9.90 Å². The number of carboxylic acids is 1. The highest BCUT2D eigenvalue weighted by molar-refractivity contribution is 9.12. The van der Waals surface area contributed by atoms with Crippen LogP contribution >= 0.6 is 31.9 Å². The van der Waals surface area contributed by atoms with Gasteiger partial charge in [0.25, 0.3) is 0 Å². The molecule has 0 saturated heterocycles. The Balaban J connectivity index is 2.11. The van der Waals surface area contributed by atoms with E-state index in [0.29, 0.717) is 11.2 Å². The van der Waals surface area contributed by atoms with Crippen LogP contribution in [0.5, 0.6) is 0 Å². The second-order valence-electron chi connectivity index (χ2n) is 4.88. The first-order valence-corrected chi connectivity index (χ1v) is 7.94. The van der Waals surface area contributed by atoms with Gasteiger partial charge in [-0.05, 0) is 30.7 Å². The summed E-state index contributed by atoms with van der Waals surface area (Å²) in [6, 6.07) is 10.1. The quantitative estimate of drug-likeness (QED) is 0.762. The highest BCUT2D eigenvalue weighted by Gasteiger charge is 2.35. The molecular weight excluding hydrogens is 360 g/mol. The molecule has 0 heterocycles. The number of hydrogen-bond acceptors (Lipinski definition) is 2. The molecule has 0 bridgehead atoms. The zero-order valence-electron chi connectivity index (χ0n) is 9.89. The first kappa shape index (κ1) is 14.1. The van der Waals surface area contributed by atoms with E-state index >= 15 is 0 Å². The lowest BCUT2D eigenvalue weighted by Crippen LogP contribution is -2.43. The maximum Gasteiger partial charge on any atom is 0.0448 e. The highest BCUT2D eigenvalue weighted by atomic mass is 79.9. The van der Waals surface area contributed by atoms with Crippen molar-refractivity contribution in [2.24, 2.45) is 11.8 Å². The number of carboxylic acid groups (broad SMARTS) is 1. The fourth-order valence-electron chi connectivity index (χ4n) is 2.61. The van der Waals surface area contributed by atoms with Crippen LogP contribution in [0.1, 0.15) is 18.4 Å². The standard InChI is InChI=1S/C14H16Br2O2/c15-12-7-10(6-9-4-2-1-3-5-9)11(14(17)18)8-13(12)16/h1-5,10-13H,6-8H2,(H,17,18)/p-1/t10-,11-,12-,13+/m0/s1. The van der Waals surface area contributed by atoms with Crippen molar-refractivity contribution in [2.45, 2.75) is 28.9 Å². The Kier molecular flexibility index (Phi) is 4.84. The molecule has 0 unspecified atom stereocenters. The minimum absolute atomic E-state index is 0.149. The number of aliphatic carboxylic acids is 1. The lowest BCUT2D eigenvalue weighted by Gasteiger charge is -2.37. The molecule has 1 aliphatic carbocycles. The number of carbonyl (C=O) groups is 1. The van der Waals surface area contributed by atoms with Crippen LogP contribution in [-0.2, 0) is 11.2 Å². The number of alkyl halides is 2. The Bertz CT molecular complexity index is 408. The second kappa shape index (κ2) is 6.20. The summed E-state index contributed by atoms with van der Waals surface area (Å²) in [6.45, 7) is 0. The topological polar surface area (TPSA) is 40.1 Å². The van der Waals surface area contributed by atoms with Gasteiger partial charge in [-0.2, -0.15) is 0 Å². The number of halogens is 2. The van der Waals surface area contributed by atoms with Gasteiger partial charge in [-0.3, -0.25) is 0 Å². The van der Waals surface area contributed by atoms with Crippen LogP contribution in [-0.4, -0.2) is 15.6 Å². The molecule has 98 valence electrons. The van der Waals surface area contributed by atoms with Gasteiger partial charge in [-0.1, -0.05) is 62.2 Å². The predicted octanol–water partition coefficient (Wildman–Crippen LogP) is 2.53. The number of carbonyl (C=O) groups excluding carboxylic acids is 1. The van der Waals surface area contributed by atoms with E-state index in [-0.39, 0.29) is 16.7 Å². The third-order valence-electron chi connectivity index (χ3n) is 3.61. The van der Waals surface area contributed by atoms with E-state index in [1.165, 1.54) is 5.56 Å². The summed E-state index contributed by atoms with van der Waals surface area (Å²) < 4.78 is 0. The molecule has 0 N–H and O–H groups in total. The molecule has 1 aromatic carbocycles. The van der Waals surface area contributed by atoms with Gasteiger partial charge in [0.2, 0.25) is 0 Å². The SMILES string of the molecule is O=C([O-])[C@H]1C[C@@H](Br)[C@@H](Br)C[C@@H]1Cc1ccccc1. The van der Waals surface area contributed by atoms with Gasteiger partial charge in [-0.15, -0.1) is 0 Å². The Labute approximate surface area is 124 Å². The Morgan fingerprint density at radius 3 is 2.39 bits per heavy atom. The van der Waals surface area contributed by atoms with E-state index in [9.17, 15) is 9.90 Å². The maximum absolute atomic E-state index is 11.3. The lowest BCUT2D eigenvalue weighted by atomic mass is 9.76. The fourth-order valence-corrected chi connectivity index (χ4v) is 3.93. The molecule has 1 aromatic rings. The summed E-state index contributed by atoms with van der Waals surface area (Å²) in [5, 5.41) is 11.3. The van der Waals surface area contributed by atoms with E-state index in [0.717, 1.165) is 12.8 Å². The van der Waals surface area contributed by atoms with Crippen LogP contribution in [0.2, 0.25) is 0 Å². The van der Waals surface area contributed by atoms with Crippen molar-refractivity contribution >= 4 is 37.8 Å². The molecule has 0 spiro atoms. The molecule has 1 aliphatic rings. The molecule has 18 heavy (non-hydrogen) atoms. The Morgan fingerprint density at radius 2 is 1.78 bits per heavy atom. The van der Waals surface area contributed by atoms with E-state index in [1.807, 2.05) is 18.2 Å². The van der Waals surface area contributed by atoms with Crippen molar-refractivity contribution in [1.82, 2.24) is 0 Å². The van der Waals surface area contributed by atoms with E-state index in [4.69, 9.17) is 0 Å². The van der Waals surface area contributed by atoms with Gasteiger partial charge in [0.05, 0.1) is 0 Å². The molecule has 0 aliphatic heterocycles. The molecule has 0 aromatic heterocycles. The molecule has 2 rings (SSSR count). The maximum atomic E-state index is 11.3. The monoisotopic (exact) mass is 373 g/mol. The van der Waals surface area contributed by atoms with Crippen molar-refractivity contribution in [2.75, 3.05) is 0 Å². The van der Waals surface area contributed by atoms with Crippen LogP contribution < -0.4 is 5.11 Å². The first-order chi connectivity index (χ1) is 8.58. The van der Waals surface area contributed by atoms with Gasteiger partial charge in [-0.25, -0.2) is 0 Å². The Morgan fingerprint density at radius 1 is 1.17 bits per heavy atom. The van der Waals surface area contributed by atoms with Gasteiger partial charge in [0.1, 0.15) is 0 Å². The summed E-state index contributed by atoms with van der Waals surface area (Å²) >= 11 is 7.16. The minimum atomic E-state index is -0.917. The fraction of sp³-hybridized carbons (Fsp3) is 0.500. The minimum Gasteiger partial charge on any atom is -0.550 e. The zero-order valence-corrected chi connectivity index (χ0v) is 13.1. The van der Waals surface area contributed by atoms with Crippen molar-refractivity contribution in [3.8, 4) is 0 Å². The molecule has 0 radical (unpaired) electrons. The molecule has 2 nitrogen and oxygen atoms in total. The largest absolute Gasteiger partial charge is 0.550 e. The smallest absolute Gasteiger partial charge is 0.0448 e. The summed E-state index contributed by atoms with van der Waals surface area (Å²) in [4.78, 5) is 11.8. The summed E-state index contributed by atoms with van der Waals surface area (Å²) in [5.41, 5.74) is 1.20. The molecule has 4 heteroatoms. The van der Waals surface area contributed by atoms with Crippen LogP contribution in [0, 0.1) is 11.8 Å². The van der Waals surface area contributed by atoms with Gasteiger partial charge in [0, 0.05) is 21.5 Å². The van der Waals surface area contributed by atoms with Gasteiger partial charge >= 0.3 is 0 Å². The second-order valence-corrected chi connectivity index (χ2v) is 7.23. The van der Waals surface area contributed by atoms with E-state index in [2.05, 4.69) is 44.0 Å².